The highest BCUT2D eigenvalue weighted by molar-refractivity contribution is 5.90. The van der Waals surface area contributed by atoms with Crippen molar-refractivity contribution < 1.29 is 59.1 Å². The van der Waals surface area contributed by atoms with Crippen molar-refractivity contribution in [2.24, 2.45) is 0 Å². The van der Waals surface area contributed by atoms with Gasteiger partial charge in [0, 0.05) is 12.1 Å². The number of aliphatic hydroxyl groups is 3. The number of carbonyl (C=O) groups excluding carboxylic acids is 1. The zero-order valence-electron chi connectivity index (χ0n) is 17.6. The molecule has 6 N–H and O–H groups in total. The molecule has 0 amide bonds. The third kappa shape index (κ3) is 5.14. The van der Waals surface area contributed by atoms with Crippen LogP contribution in [0.4, 0.5) is 0 Å². The monoisotopic (exact) mass is 468 g/mol. The Balaban J connectivity index is 1.70. The van der Waals surface area contributed by atoms with E-state index >= 15 is 0 Å². The van der Waals surface area contributed by atoms with Gasteiger partial charge in [0.05, 0.1) is 19.8 Å². The molecule has 5 atom stereocenters. The normalized spacial score (nSPS) is 24.7. The largest absolute Gasteiger partial charge is 0.504 e. The molecule has 0 aliphatic carbocycles. The number of rotatable bonds is 7. The second kappa shape index (κ2) is 10.0. The predicted octanol–water partition coefficient (Wildman–Crippen LogP) is -0.136. The smallest absolute Gasteiger partial charge is 0.338 e. The van der Waals surface area contributed by atoms with Crippen molar-refractivity contribution in [3.05, 3.63) is 35.9 Å². The van der Waals surface area contributed by atoms with Gasteiger partial charge in [-0.3, -0.25) is 0 Å². The standard InChI is InChI=1S/C21H24O12/c1-29-13-5-9(3-4-11(13)22)20(28)31-8-15-17(25)18(26)19(27)21(33-15)32-10-6-12(23)16(24)14(7-10)30-2/h3-7,15,17-19,21-27H,8H2,1-2H3/t15-,17-,18+,19-,21-/m1/s1. The van der Waals surface area contributed by atoms with Crippen LogP contribution in [-0.2, 0) is 9.47 Å². The number of aromatic hydroxyl groups is 3. The number of carbonyl (C=O) groups is 1. The van der Waals surface area contributed by atoms with Gasteiger partial charge in [0.1, 0.15) is 36.8 Å². The lowest BCUT2D eigenvalue weighted by Gasteiger charge is -2.39. The summed E-state index contributed by atoms with van der Waals surface area (Å²) in [5.41, 5.74) is 0.0509. The van der Waals surface area contributed by atoms with E-state index in [0.29, 0.717) is 0 Å². The molecule has 180 valence electrons. The molecule has 0 saturated carbocycles. The molecular weight excluding hydrogens is 444 g/mol. The minimum atomic E-state index is -1.71. The fourth-order valence-electron chi connectivity index (χ4n) is 3.12. The van der Waals surface area contributed by atoms with E-state index in [-0.39, 0.29) is 28.6 Å². The maximum Gasteiger partial charge on any atom is 0.338 e. The molecule has 0 aromatic heterocycles. The van der Waals surface area contributed by atoms with Crippen molar-refractivity contribution in [3.8, 4) is 34.5 Å². The summed E-state index contributed by atoms with van der Waals surface area (Å²) in [4.78, 5) is 12.3. The Bertz CT molecular complexity index is 993. The summed E-state index contributed by atoms with van der Waals surface area (Å²) in [7, 11) is 2.56. The highest BCUT2D eigenvalue weighted by Crippen LogP contribution is 2.40. The summed E-state index contributed by atoms with van der Waals surface area (Å²) in [5.74, 6) is -2.24. The topological polar surface area (TPSA) is 185 Å². The third-order valence-electron chi connectivity index (χ3n) is 4.96. The van der Waals surface area contributed by atoms with E-state index in [9.17, 15) is 35.4 Å². The van der Waals surface area contributed by atoms with E-state index in [1.54, 1.807) is 0 Å². The Hall–Kier alpha value is -3.45. The van der Waals surface area contributed by atoms with Crippen LogP contribution in [0.3, 0.4) is 0 Å². The molecule has 2 aromatic carbocycles. The molecule has 1 fully saturated rings. The number of esters is 1. The second-order valence-corrected chi connectivity index (χ2v) is 7.11. The zero-order valence-corrected chi connectivity index (χ0v) is 17.6. The highest BCUT2D eigenvalue weighted by Gasteiger charge is 2.45. The number of methoxy groups -OCH3 is 2. The average Bonchev–Trinajstić information content (AvgIpc) is 2.80. The van der Waals surface area contributed by atoms with E-state index < -0.39 is 54.8 Å². The first-order valence-electron chi connectivity index (χ1n) is 9.66. The Morgan fingerprint density at radius 3 is 2.27 bits per heavy atom. The van der Waals surface area contributed by atoms with Crippen LogP contribution in [0.15, 0.2) is 30.3 Å². The number of ether oxygens (including phenoxy) is 5. The SMILES string of the molecule is COc1cc(C(=O)OC[C@H]2O[C@@H](Oc3cc(O)c(O)c(OC)c3)[C@H](O)[C@@H](O)[C@@H]2O)ccc1O. The number of benzene rings is 2. The van der Waals surface area contributed by atoms with Crippen molar-refractivity contribution in [2.45, 2.75) is 30.7 Å². The maximum absolute atomic E-state index is 12.3. The van der Waals surface area contributed by atoms with Gasteiger partial charge in [-0.15, -0.1) is 0 Å². The first-order valence-corrected chi connectivity index (χ1v) is 9.66. The highest BCUT2D eigenvalue weighted by atomic mass is 16.7. The van der Waals surface area contributed by atoms with Crippen molar-refractivity contribution >= 4 is 5.97 Å². The van der Waals surface area contributed by atoms with Gasteiger partial charge in [-0.25, -0.2) is 4.79 Å². The van der Waals surface area contributed by atoms with E-state index in [1.807, 2.05) is 0 Å². The lowest BCUT2D eigenvalue weighted by molar-refractivity contribution is -0.277. The summed E-state index contributed by atoms with van der Waals surface area (Å²) in [6.07, 6.45) is -7.85. The van der Waals surface area contributed by atoms with E-state index in [4.69, 9.17) is 23.7 Å². The molecule has 0 bridgehead atoms. The van der Waals surface area contributed by atoms with Crippen LogP contribution in [0.5, 0.6) is 34.5 Å². The van der Waals surface area contributed by atoms with Crippen LogP contribution in [0.1, 0.15) is 10.4 Å². The van der Waals surface area contributed by atoms with E-state index in [1.165, 1.54) is 38.5 Å². The first kappa shape index (κ1) is 24.2. The Morgan fingerprint density at radius 2 is 1.61 bits per heavy atom. The van der Waals surface area contributed by atoms with Crippen LogP contribution in [0.2, 0.25) is 0 Å². The molecule has 0 radical (unpaired) electrons. The van der Waals surface area contributed by atoms with Crippen molar-refractivity contribution in [1.82, 2.24) is 0 Å². The van der Waals surface area contributed by atoms with Crippen LogP contribution in [0.25, 0.3) is 0 Å². The number of hydrogen-bond donors (Lipinski definition) is 6. The number of aliphatic hydroxyl groups excluding tert-OH is 3. The van der Waals surface area contributed by atoms with Gasteiger partial charge in [0.25, 0.3) is 0 Å². The van der Waals surface area contributed by atoms with E-state index in [2.05, 4.69) is 0 Å². The van der Waals surface area contributed by atoms with E-state index in [0.717, 1.165) is 6.07 Å². The maximum atomic E-state index is 12.3. The summed E-state index contributed by atoms with van der Waals surface area (Å²) in [6.45, 7) is -0.517. The molecule has 2 aromatic rings. The Kier molecular flexibility index (Phi) is 7.33. The van der Waals surface area contributed by atoms with Crippen molar-refractivity contribution in [1.29, 1.82) is 0 Å². The number of phenols is 3. The average molecular weight is 468 g/mol. The fourth-order valence-corrected chi connectivity index (χ4v) is 3.12. The quantitative estimate of drug-likeness (QED) is 0.234. The molecule has 1 saturated heterocycles. The van der Waals surface area contributed by atoms with Gasteiger partial charge in [-0.2, -0.15) is 0 Å². The molecule has 1 aliphatic heterocycles. The Morgan fingerprint density at radius 1 is 0.909 bits per heavy atom. The zero-order chi connectivity index (χ0) is 24.3. The molecule has 0 spiro atoms. The van der Waals surface area contributed by atoms with Crippen LogP contribution < -0.4 is 14.2 Å². The molecule has 1 aliphatic rings. The molecular formula is C21H24O12. The minimum Gasteiger partial charge on any atom is -0.504 e. The number of hydrogen-bond acceptors (Lipinski definition) is 12. The van der Waals surface area contributed by atoms with Gasteiger partial charge in [0.2, 0.25) is 12.0 Å². The van der Waals surface area contributed by atoms with Gasteiger partial charge in [-0.1, -0.05) is 0 Å². The first-order chi connectivity index (χ1) is 15.7. The fraction of sp³-hybridized carbons (Fsp3) is 0.381. The molecule has 3 rings (SSSR count). The summed E-state index contributed by atoms with van der Waals surface area (Å²) >= 11 is 0. The minimum absolute atomic E-state index is 0.0509. The molecule has 0 unspecified atom stereocenters. The van der Waals surface area contributed by atoms with Gasteiger partial charge >= 0.3 is 5.97 Å². The molecule has 12 nitrogen and oxygen atoms in total. The number of phenolic OH excluding ortho intramolecular Hbond substituents is 3. The van der Waals surface area contributed by atoms with Crippen LogP contribution in [0, 0.1) is 0 Å². The van der Waals surface area contributed by atoms with Crippen molar-refractivity contribution in [2.75, 3.05) is 20.8 Å². The van der Waals surface area contributed by atoms with Gasteiger partial charge in [-0.05, 0) is 18.2 Å². The van der Waals surface area contributed by atoms with Crippen LogP contribution >= 0.6 is 0 Å². The lowest BCUT2D eigenvalue weighted by Crippen LogP contribution is -2.60. The summed E-state index contributed by atoms with van der Waals surface area (Å²) < 4.78 is 25.9. The molecule has 33 heavy (non-hydrogen) atoms. The van der Waals surface area contributed by atoms with Crippen LogP contribution in [-0.4, -0.2) is 88.1 Å². The molecule has 12 heteroatoms. The lowest BCUT2D eigenvalue weighted by atomic mass is 9.99. The van der Waals surface area contributed by atoms with Crippen molar-refractivity contribution in [3.63, 3.8) is 0 Å². The second-order valence-electron chi connectivity index (χ2n) is 7.11. The summed E-state index contributed by atoms with van der Waals surface area (Å²) in [5, 5.41) is 59.8. The van der Waals surface area contributed by atoms with Gasteiger partial charge in [0.15, 0.2) is 23.0 Å². The molecule has 1 heterocycles. The Labute approximate surface area is 187 Å². The summed E-state index contributed by atoms with van der Waals surface area (Å²) in [6, 6.07) is 6.03. The predicted molar refractivity (Wildman–Crippen MR) is 109 cm³/mol. The third-order valence-corrected chi connectivity index (χ3v) is 4.96. The van der Waals surface area contributed by atoms with Gasteiger partial charge < -0.3 is 54.3 Å².